The van der Waals surface area contributed by atoms with Crippen molar-refractivity contribution in [2.24, 2.45) is 0 Å². The highest BCUT2D eigenvalue weighted by Gasteiger charge is 2.47. The van der Waals surface area contributed by atoms with Gasteiger partial charge in [0.1, 0.15) is 0 Å². The van der Waals surface area contributed by atoms with E-state index < -0.39 is 0 Å². The topological polar surface area (TPSA) is 30.2 Å². The number of nitrogens with zero attached hydrogens (tertiary/aromatic N) is 3. The molecule has 7 aromatic rings. The SMILES string of the molecule is O=C1c2ccccc2C2CC(c3ccc4c(c3)c3ccccc3n4-c3ccccc3)=Cc3c4c(n1c32)CC1C(=C4)C2=CC=CCC2N1c1ccccc1. The minimum Gasteiger partial charge on any atom is -0.357 e. The highest BCUT2D eigenvalue weighted by atomic mass is 16.2. The first-order valence-electron chi connectivity index (χ1n) is 18.9. The van der Waals surface area contributed by atoms with E-state index in [0.717, 1.165) is 36.1 Å². The van der Waals surface area contributed by atoms with Crippen LogP contribution < -0.4 is 4.90 Å². The first-order valence-corrected chi connectivity index (χ1v) is 18.9. The lowest BCUT2D eigenvalue weighted by atomic mass is 9.76. The summed E-state index contributed by atoms with van der Waals surface area (Å²) in [6, 6.07) is 46.1. The van der Waals surface area contributed by atoms with Gasteiger partial charge in [-0.2, -0.15) is 0 Å². The van der Waals surface area contributed by atoms with Crippen LogP contribution in [0, 0.1) is 0 Å². The molecule has 3 atom stereocenters. The lowest BCUT2D eigenvalue weighted by molar-refractivity contribution is 0.0946. The Labute approximate surface area is 307 Å². The number of hydrogen-bond acceptors (Lipinski definition) is 2. The van der Waals surface area contributed by atoms with Gasteiger partial charge in [-0.25, -0.2) is 0 Å². The molecule has 5 aromatic carbocycles. The smallest absolute Gasteiger partial charge is 0.262 e. The van der Waals surface area contributed by atoms with Crippen molar-refractivity contribution in [1.29, 1.82) is 0 Å². The molecule has 2 aromatic heterocycles. The zero-order valence-electron chi connectivity index (χ0n) is 29.1. The monoisotopic (exact) mass is 681 g/mol. The normalized spacial score (nSPS) is 20.7. The van der Waals surface area contributed by atoms with Crippen molar-refractivity contribution in [1.82, 2.24) is 9.13 Å². The average molecular weight is 682 g/mol. The zero-order valence-corrected chi connectivity index (χ0v) is 29.1. The van der Waals surface area contributed by atoms with Gasteiger partial charge < -0.3 is 9.47 Å². The zero-order chi connectivity index (χ0) is 34.8. The van der Waals surface area contributed by atoms with Gasteiger partial charge in [0.05, 0.1) is 23.1 Å². The Balaban J connectivity index is 1.07. The van der Waals surface area contributed by atoms with E-state index in [1.165, 1.54) is 72.3 Å². The fourth-order valence-corrected chi connectivity index (χ4v) is 10.3. The molecule has 4 heteroatoms. The van der Waals surface area contributed by atoms with Crippen molar-refractivity contribution >= 4 is 51.1 Å². The summed E-state index contributed by atoms with van der Waals surface area (Å²) in [6.45, 7) is 0. The summed E-state index contributed by atoms with van der Waals surface area (Å²) in [5.74, 6) is 0.208. The Morgan fingerprint density at radius 1 is 0.604 bits per heavy atom. The Bertz CT molecular complexity index is 2840. The van der Waals surface area contributed by atoms with Crippen LogP contribution in [0.15, 0.2) is 157 Å². The second kappa shape index (κ2) is 10.8. The summed E-state index contributed by atoms with van der Waals surface area (Å²) in [4.78, 5) is 17.2. The van der Waals surface area contributed by atoms with Crippen molar-refractivity contribution in [3.63, 3.8) is 0 Å². The van der Waals surface area contributed by atoms with Crippen molar-refractivity contribution in [3.05, 3.63) is 196 Å². The van der Waals surface area contributed by atoms with Gasteiger partial charge in [-0.1, -0.05) is 97.1 Å². The van der Waals surface area contributed by atoms with Crippen LogP contribution in [0.5, 0.6) is 0 Å². The van der Waals surface area contributed by atoms with E-state index in [1.54, 1.807) is 0 Å². The van der Waals surface area contributed by atoms with E-state index in [1.807, 2.05) is 12.1 Å². The maximum Gasteiger partial charge on any atom is 0.262 e. The number of anilines is 1. The number of para-hydroxylation sites is 3. The van der Waals surface area contributed by atoms with Crippen LogP contribution in [0.2, 0.25) is 0 Å². The van der Waals surface area contributed by atoms with Crippen LogP contribution in [0.3, 0.4) is 0 Å². The molecule has 3 unspecified atom stereocenters. The average Bonchev–Trinajstić information content (AvgIpc) is 3.85. The van der Waals surface area contributed by atoms with Crippen LogP contribution in [-0.2, 0) is 6.42 Å². The molecule has 0 saturated carbocycles. The van der Waals surface area contributed by atoms with E-state index in [0.29, 0.717) is 6.04 Å². The number of benzene rings is 5. The molecule has 2 aliphatic heterocycles. The molecule has 3 aliphatic carbocycles. The van der Waals surface area contributed by atoms with Gasteiger partial charge in [-0.15, -0.1) is 0 Å². The largest absolute Gasteiger partial charge is 0.357 e. The third kappa shape index (κ3) is 3.98. The molecule has 0 bridgehead atoms. The molecule has 1 saturated heterocycles. The van der Waals surface area contributed by atoms with Gasteiger partial charge in [-0.3, -0.25) is 9.36 Å². The third-order valence-corrected chi connectivity index (χ3v) is 12.5. The summed E-state index contributed by atoms with van der Waals surface area (Å²) in [5, 5.41) is 2.51. The number of aromatic nitrogens is 2. The minimum atomic E-state index is 0.0962. The summed E-state index contributed by atoms with van der Waals surface area (Å²) in [5.41, 5.74) is 16.9. The van der Waals surface area contributed by atoms with Crippen molar-refractivity contribution in [3.8, 4) is 5.69 Å². The molecule has 53 heavy (non-hydrogen) atoms. The summed E-state index contributed by atoms with van der Waals surface area (Å²) >= 11 is 0. The number of hydrogen-bond donors (Lipinski definition) is 0. The maximum absolute atomic E-state index is 14.6. The lowest BCUT2D eigenvalue weighted by Crippen LogP contribution is -2.39. The molecular formula is C49H35N3O. The predicted octanol–water partition coefficient (Wildman–Crippen LogP) is 10.7. The van der Waals surface area contributed by atoms with E-state index in [-0.39, 0.29) is 17.9 Å². The van der Waals surface area contributed by atoms with Crippen molar-refractivity contribution in [2.75, 3.05) is 4.90 Å². The van der Waals surface area contributed by atoms with E-state index >= 15 is 0 Å². The highest BCUT2D eigenvalue weighted by Crippen LogP contribution is 2.53. The Kier molecular flexibility index (Phi) is 5.96. The van der Waals surface area contributed by atoms with Crippen LogP contribution in [0.4, 0.5) is 5.69 Å². The van der Waals surface area contributed by atoms with E-state index in [9.17, 15) is 4.79 Å². The lowest BCUT2D eigenvalue weighted by Gasteiger charge is -2.34. The Hall–Kier alpha value is -6.39. The van der Waals surface area contributed by atoms with Gasteiger partial charge in [-0.05, 0) is 101 Å². The molecule has 5 aliphatic rings. The second-order valence-electron chi connectivity index (χ2n) is 15.1. The second-order valence-corrected chi connectivity index (χ2v) is 15.1. The van der Waals surface area contributed by atoms with Crippen LogP contribution >= 0.6 is 0 Å². The summed E-state index contributed by atoms with van der Waals surface area (Å²) in [7, 11) is 0. The van der Waals surface area contributed by atoms with Gasteiger partial charge in [0, 0.05) is 62.6 Å². The molecule has 0 spiro atoms. The summed E-state index contributed by atoms with van der Waals surface area (Å²) < 4.78 is 4.51. The molecule has 4 nitrogen and oxygen atoms in total. The van der Waals surface area contributed by atoms with Crippen molar-refractivity contribution in [2.45, 2.75) is 37.3 Å². The van der Waals surface area contributed by atoms with E-state index in [2.05, 4.69) is 160 Å². The minimum absolute atomic E-state index is 0.0962. The Morgan fingerprint density at radius 2 is 1.36 bits per heavy atom. The fourth-order valence-electron chi connectivity index (χ4n) is 10.3. The molecule has 0 amide bonds. The molecule has 1 fully saturated rings. The van der Waals surface area contributed by atoms with Crippen LogP contribution in [-0.4, -0.2) is 27.1 Å². The maximum atomic E-state index is 14.6. The summed E-state index contributed by atoms with van der Waals surface area (Å²) in [6.07, 6.45) is 14.4. The number of carbonyl (C=O) groups is 1. The first kappa shape index (κ1) is 29.2. The van der Waals surface area contributed by atoms with Crippen LogP contribution in [0.1, 0.15) is 62.8 Å². The molecule has 12 rings (SSSR count). The van der Waals surface area contributed by atoms with Crippen molar-refractivity contribution < 1.29 is 4.79 Å². The third-order valence-electron chi connectivity index (χ3n) is 12.5. The van der Waals surface area contributed by atoms with Gasteiger partial charge in [0.25, 0.3) is 5.91 Å². The molecule has 252 valence electrons. The number of rotatable bonds is 3. The number of carbonyl (C=O) groups excluding carboxylic acids is 1. The first-order chi connectivity index (χ1) is 26.2. The number of allylic oxidation sites excluding steroid dienone is 3. The van der Waals surface area contributed by atoms with Crippen LogP contribution in [0.25, 0.3) is 45.2 Å². The molecular weight excluding hydrogens is 647 g/mol. The van der Waals surface area contributed by atoms with Gasteiger partial charge in [0.15, 0.2) is 0 Å². The fraction of sp³-hybridized carbons (Fsp3) is 0.122. The highest BCUT2D eigenvalue weighted by molar-refractivity contribution is 6.11. The molecule has 4 heterocycles. The van der Waals surface area contributed by atoms with Gasteiger partial charge in [0.2, 0.25) is 0 Å². The molecule has 0 radical (unpaired) electrons. The molecule has 0 N–H and O–H groups in total. The van der Waals surface area contributed by atoms with E-state index in [4.69, 9.17) is 0 Å². The Morgan fingerprint density at radius 3 is 2.23 bits per heavy atom. The predicted molar refractivity (Wildman–Crippen MR) is 216 cm³/mol. The van der Waals surface area contributed by atoms with Gasteiger partial charge >= 0.3 is 0 Å². The number of fused-ring (bicyclic) bond motifs is 11. The quantitative estimate of drug-likeness (QED) is 0.186. The standard InChI is InChI=1S/C49H35N3O/c53-49-37-20-8-7-17-34(37)41-26-31(30-23-24-45-38(25-30)35-18-9-11-21-43(35)50(45)32-13-3-1-4-14-32)27-42-40-28-39-36-19-10-12-22-44(36)51(33-15-5-2-6-16-33)46(39)29-47(40)52(49)48(41)42/h1-21,23-25,27-28,41,44,46H,22,26,29H2.